The third-order valence-corrected chi connectivity index (χ3v) is 1.72. The molecule has 0 heterocycles. The van der Waals surface area contributed by atoms with Gasteiger partial charge in [-0.15, -0.1) is 0 Å². The Morgan fingerprint density at radius 1 is 1.69 bits per heavy atom. The molecule has 5 heteroatoms. The average molecular weight is 207 g/mol. The van der Waals surface area contributed by atoms with E-state index in [9.17, 15) is 9.90 Å². The van der Waals surface area contributed by atoms with E-state index in [0.717, 1.165) is 0 Å². The lowest BCUT2D eigenvalue weighted by molar-refractivity contribution is -0.120. The second-order valence-electron chi connectivity index (χ2n) is 2.72. The highest BCUT2D eigenvalue weighted by Crippen LogP contribution is 1.90. The van der Waals surface area contributed by atoms with Crippen LogP contribution in [0.5, 0.6) is 0 Å². The maximum Gasteiger partial charge on any atom is 0.220 e. The fourth-order valence-corrected chi connectivity index (χ4v) is 1.05. The van der Waals surface area contributed by atoms with Gasteiger partial charge in [-0.2, -0.15) is 12.6 Å². The van der Waals surface area contributed by atoms with Crippen molar-refractivity contribution in [2.45, 2.75) is 18.9 Å². The minimum absolute atomic E-state index is 0.0281. The largest absolute Gasteiger partial charge is 0.391 e. The molecule has 0 radical (unpaired) electrons. The van der Waals surface area contributed by atoms with Crippen LogP contribution in [0, 0.1) is 0 Å². The van der Waals surface area contributed by atoms with Crippen molar-refractivity contribution in [1.82, 2.24) is 5.32 Å². The Bertz CT molecular complexity index is 143. The van der Waals surface area contributed by atoms with E-state index in [2.05, 4.69) is 17.9 Å². The molecule has 4 nitrogen and oxygen atoms in total. The van der Waals surface area contributed by atoms with Crippen LogP contribution in [0.25, 0.3) is 0 Å². The lowest BCUT2D eigenvalue weighted by Gasteiger charge is -2.09. The summed E-state index contributed by atoms with van der Waals surface area (Å²) >= 11 is 3.93. The molecule has 0 saturated heterocycles. The first-order valence-corrected chi connectivity index (χ1v) is 4.88. The van der Waals surface area contributed by atoms with Gasteiger partial charge in [0.25, 0.3) is 0 Å². The molecule has 13 heavy (non-hydrogen) atoms. The predicted molar refractivity (Wildman–Crippen MR) is 54.0 cm³/mol. The van der Waals surface area contributed by atoms with Crippen molar-refractivity contribution in [3.8, 4) is 0 Å². The van der Waals surface area contributed by atoms with E-state index in [1.54, 1.807) is 0 Å². The van der Waals surface area contributed by atoms with Gasteiger partial charge >= 0.3 is 0 Å². The molecule has 2 N–H and O–H groups in total. The Morgan fingerprint density at radius 3 is 2.92 bits per heavy atom. The number of rotatable bonds is 7. The van der Waals surface area contributed by atoms with Gasteiger partial charge in [-0.1, -0.05) is 0 Å². The molecule has 0 fully saturated rings. The third-order valence-electron chi connectivity index (χ3n) is 1.50. The molecule has 0 aromatic rings. The van der Waals surface area contributed by atoms with Crippen LogP contribution in [-0.4, -0.2) is 43.1 Å². The minimum Gasteiger partial charge on any atom is -0.391 e. The van der Waals surface area contributed by atoms with E-state index in [1.165, 1.54) is 7.11 Å². The first-order chi connectivity index (χ1) is 6.20. The Kier molecular flexibility index (Phi) is 8.18. The van der Waals surface area contributed by atoms with E-state index < -0.39 is 6.10 Å². The van der Waals surface area contributed by atoms with Crippen molar-refractivity contribution < 1.29 is 14.6 Å². The van der Waals surface area contributed by atoms with Crippen LogP contribution in [0.3, 0.4) is 0 Å². The number of nitrogens with one attached hydrogen (secondary N) is 1. The zero-order valence-corrected chi connectivity index (χ0v) is 8.72. The summed E-state index contributed by atoms with van der Waals surface area (Å²) < 4.78 is 4.73. The highest BCUT2D eigenvalue weighted by molar-refractivity contribution is 7.80. The molecule has 0 aromatic carbocycles. The number of hydrogen-bond acceptors (Lipinski definition) is 4. The zero-order chi connectivity index (χ0) is 10.1. The molecule has 0 aliphatic carbocycles. The van der Waals surface area contributed by atoms with E-state index in [0.29, 0.717) is 31.7 Å². The van der Waals surface area contributed by atoms with E-state index in [1.807, 2.05) is 0 Å². The second-order valence-corrected chi connectivity index (χ2v) is 3.17. The van der Waals surface area contributed by atoms with Crippen molar-refractivity contribution in [2.24, 2.45) is 0 Å². The number of thiol groups is 1. The molecule has 1 amide bonds. The molecule has 0 aromatic heterocycles. The van der Waals surface area contributed by atoms with Gasteiger partial charge in [-0.3, -0.25) is 4.79 Å². The Balaban J connectivity index is 3.28. The van der Waals surface area contributed by atoms with E-state index in [-0.39, 0.29) is 5.91 Å². The number of carbonyl (C=O) groups excluding carboxylic acids is 1. The van der Waals surface area contributed by atoms with Crippen molar-refractivity contribution in [1.29, 1.82) is 0 Å². The molecule has 1 atom stereocenters. The summed E-state index contributed by atoms with van der Waals surface area (Å²) in [4.78, 5) is 10.9. The van der Waals surface area contributed by atoms with Crippen LogP contribution >= 0.6 is 12.6 Å². The summed E-state index contributed by atoms with van der Waals surface area (Å²) in [6.07, 6.45) is 0.441. The van der Waals surface area contributed by atoms with Gasteiger partial charge < -0.3 is 15.2 Å². The number of hydrogen-bond donors (Lipinski definition) is 3. The first kappa shape index (κ1) is 12.7. The summed E-state index contributed by atoms with van der Waals surface area (Å²) in [7, 11) is 1.53. The maximum absolute atomic E-state index is 10.9. The topological polar surface area (TPSA) is 58.6 Å². The normalized spacial score (nSPS) is 12.5. The predicted octanol–water partition coefficient (Wildman–Crippen LogP) is -0.180. The molecule has 0 bridgehead atoms. The molecular weight excluding hydrogens is 190 g/mol. The fourth-order valence-electron chi connectivity index (χ4n) is 0.844. The van der Waals surface area contributed by atoms with Gasteiger partial charge in [0.05, 0.1) is 12.7 Å². The third kappa shape index (κ3) is 8.08. The summed E-state index contributed by atoms with van der Waals surface area (Å²) in [6, 6.07) is 0. The molecule has 0 aliphatic rings. The van der Waals surface area contributed by atoms with Crippen LogP contribution in [0.2, 0.25) is 0 Å². The monoisotopic (exact) mass is 207 g/mol. The Morgan fingerprint density at radius 2 is 2.38 bits per heavy atom. The van der Waals surface area contributed by atoms with Gasteiger partial charge in [0.2, 0.25) is 5.91 Å². The van der Waals surface area contributed by atoms with Crippen LogP contribution in [0.1, 0.15) is 12.8 Å². The Hall–Kier alpha value is -0.260. The van der Waals surface area contributed by atoms with Gasteiger partial charge in [0.1, 0.15) is 0 Å². The number of ether oxygens (including phenoxy) is 1. The number of aliphatic hydroxyl groups excluding tert-OH is 1. The standard InChI is InChI=1S/C8H17NO3S/c1-12-6-7(10)2-4-9-8(11)3-5-13/h7,10,13H,2-6H2,1H3,(H,9,11). The summed E-state index contributed by atoms with van der Waals surface area (Å²) in [6.45, 7) is 0.791. The number of amides is 1. The van der Waals surface area contributed by atoms with Gasteiger partial charge in [-0.25, -0.2) is 0 Å². The fraction of sp³-hybridized carbons (Fsp3) is 0.875. The second kappa shape index (κ2) is 8.34. The van der Waals surface area contributed by atoms with Gasteiger partial charge in [0.15, 0.2) is 0 Å². The van der Waals surface area contributed by atoms with Crippen molar-refractivity contribution in [3.05, 3.63) is 0 Å². The summed E-state index contributed by atoms with van der Waals surface area (Å²) in [5.74, 6) is 0.520. The molecule has 0 rings (SSSR count). The van der Waals surface area contributed by atoms with Crippen molar-refractivity contribution in [3.63, 3.8) is 0 Å². The number of methoxy groups -OCH3 is 1. The maximum atomic E-state index is 10.9. The quantitative estimate of drug-likeness (QED) is 0.508. The highest BCUT2D eigenvalue weighted by Gasteiger charge is 2.04. The first-order valence-electron chi connectivity index (χ1n) is 4.25. The summed E-state index contributed by atoms with van der Waals surface area (Å²) in [5.41, 5.74) is 0. The Labute approximate surface area is 84.1 Å². The van der Waals surface area contributed by atoms with Crippen LogP contribution in [-0.2, 0) is 9.53 Å². The molecule has 0 spiro atoms. The lowest BCUT2D eigenvalue weighted by Crippen LogP contribution is -2.28. The zero-order valence-electron chi connectivity index (χ0n) is 7.82. The van der Waals surface area contributed by atoms with Gasteiger partial charge in [-0.05, 0) is 12.2 Å². The van der Waals surface area contributed by atoms with E-state index >= 15 is 0 Å². The smallest absolute Gasteiger partial charge is 0.220 e. The molecule has 0 saturated carbocycles. The molecular formula is C8H17NO3S. The lowest BCUT2D eigenvalue weighted by atomic mass is 10.2. The number of aliphatic hydroxyl groups is 1. The van der Waals surface area contributed by atoms with Crippen molar-refractivity contribution in [2.75, 3.05) is 26.0 Å². The average Bonchev–Trinajstić information content (AvgIpc) is 2.05. The molecule has 1 unspecified atom stereocenters. The van der Waals surface area contributed by atoms with Crippen LogP contribution in [0.4, 0.5) is 0 Å². The number of carbonyl (C=O) groups is 1. The van der Waals surface area contributed by atoms with E-state index in [4.69, 9.17) is 4.74 Å². The highest BCUT2D eigenvalue weighted by atomic mass is 32.1. The SMILES string of the molecule is COCC(O)CCNC(=O)CCS. The molecule has 0 aliphatic heterocycles. The van der Waals surface area contributed by atoms with Gasteiger partial charge in [0, 0.05) is 20.1 Å². The van der Waals surface area contributed by atoms with Crippen LogP contribution < -0.4 is 5.32 Å². The van der Waals surface area contributed by atoms with Crippen LogP contribution in [0.15, 0.2) is 0 Å². The summed E-state index contributed by atoms with van der Waals surface area (Å²) in [5, 5.41) is 11.9. The minimum atomic E-state index is -0.499. The van der Waals surface area contributed by atoms with Crippen molar-refractivity contribution >= 4 is 18.5 Å². The molecule has 78 valence electrons.